The molecule has 0 saturated carbocycles. The lowest BCUT2D eigenvalue weighted by atomic mass is 10.2. The summed E-state index contributed by atoms with van der Waals surface area (Å²) in [6.45, 7) is 0.561. The summed E-state index contributed by atoms with van der Waals surface area (Å²) >= 11 is 5.94. The van der Waals surface area contributed by atoms with Gasteiger partial charge in [-0.05, 0) is 30.3 Å². The molecule has 6 heteroatoms. The van der Waals surface area contributed by atoms with Crippen molar-refractivity contribution in [1.29, 1.82) is 0 Å². The van der Waals surface area contributed by atoms with Crippen molar-refractivity contribution < 1.29 is 9.53 Å². The molecule has 0 atom stereocenters. The molecular weight excluding hydrogens is 350 g/mol. The number of nitrogens with zero attached hydrogens (tertiary/aromatic N) is 1. The second-order valence-electron chi connectivity index (χ2n) is 5.59. The van der Waals surface area contributed by atoms with Crippen molar-refractivity contribution in [1.82, 2.24) is 4.98 Å². The standard InChI is InChI=1S/C20H18ClN3O2/c1-26-19-8-3-2-5-14(19)12-23-18-9-15(11-22-13-18)20(25)24-17-7-4-6-16(21)10-17/h2-11,13,23H,12H2,1H3,(H,24,25). The van der Waals surface area contributed by atoms with E-state index in [1.807, 2.05) is 24.3 Å². The molecule has 0 unspecified atom stereocenters. The predicted octanol–water partition coefficient (Wildman–Crippen LogP) is 4.61. The first-order valence-electron chi connectivity index (χ1n) is 8.03. The first-order chi connectivity index (χ1) is 12.7. The van der Waals surface area contributed by atoms with Gasteiger partial charge in [-0.3, -0.25) is 9.78 Å². The molecule has 0 bridgehead atoms. The number of anilines is 2. The highest BCUT2D eigenvalue weighted by atomic mass is 35.5. The zero-order valence-electron chi connectivity index (χ0n) is 14.2. The number of hydrogen-bond acceptors (Lipinski definition) is 4. The van der Waals surface area contributed by atoms with E-state index >= 15 is 0 Å². The van der Waals surface area contributed by atoms with Crippen LogP contribution in [0.15, 0.2) is 67.0 Å². The monoisotopic (exact) mass is 367 g/mol. The third kappa shape index (κ3) is 4.52. The maximum atomic E-state index is 12.4. The molecule has 0 saturated heterocycles. The van der Waals surface area contributed by atoms with E-state index in [-0.39, 0.29) is 5.91 Å². The van der Waals surface area contributed by atoms with Crippen LogP contribution in [0, 0.1) is 0 Å². The maximum absolute atomic E-state index is 12.4. The number of pyridine rings is 1. The Morgan fingerprint density at radius 3 is 2.73 bits per heavy atom. The molecule has 2 N–H and O–H groups in total. The van der Waals surface area contributed by atoms with Crippen LogP contribution in [0.1, 0.15) is 15.9 Å². The third-order valence-corrected chi connectivity index (χ3v) is 3.99. The Morgan fingerprint density at radius 2 is 1.92 bits per heavy atom. The Balaban J connectivity index is 1.68. The molecular formula is C20H18ClN3O2. The van der Waals surface area contributed by atoms with Crippen LogP contribution in [0.4, 0.5) is 11.4 Å². The molecule has 2 aromatic carbocycles. The van der Waals surface area contributed by atoms with Crippen molar-refractivity contribution in [3.05, 3.63) is 83.1 Å². The molecule has 0 radical (unpaired) electrons. The van der Waals surface area contributed by atoms with Crippen LogP contribution < -0.4 is 15.4 Å². The summed E-state index contributed by atoms with van der Waals surface area (Å²) in [5, 5.41) is 6.63. The molecule has 3 rings (SSSR count). The molecule has 0 fully saturated rings. The quantitative estimate of drug-likeness (QED) is 0.668. The Kier molecular flexibility index (Phi) is 5.71. The van der Waals surface area contributed by atoms with Crippen molar-refractivity contribution in [2.75, 3.05) is 17.7 Å². The van der Waals surface area contributed by atoms with Crippen molar-refractivity contribution in [3.63, 3.8) is 0 Å². The van der Waals surface area contributed by atoms with Gasteiger partial charge < -0.3 is 15.4 Å². The molecule has 1 aromatic heterocycles. The molecule has 0 aliphatic rings. The van der Waals surface area contributed by atoms with Gasteiger partial charge in [-0.15, -0.1) is 0 Å². The summed E-state index contributed by atoms with van der Waals surface area (Å²) in [5.41, 5.74) is 2.85. The molecule has 5 nitrogen and oxygen atoms in total. The largest absolute Gasteiger partial charge is 0.496 e. The molecule has 1 amide bonds. The second-order valence-corrected chi connectivity index (χ2v) is 6.03. The highest BCUT2D eigenvalue weighted by molar-refractivity contribution is 6.30. The van der Waals surface area contributed by atoms with Crippen LogP contribution in [0.25, 0.3) is 0 Å². The van der Waals surface area contributed by atoms with Gasteiger partial charge in [0.05, 0.1) is 18.4 Å². The number of ether oxygens (including phenoxy) is 1. The Bertz CT molecular complexity index is 915. The van der Waals surface area contributed by atoms with E-state index in [4.69, 9.17) is 16.3 Å². The summed E-state index contributed by atoms with van der Waals surface area (Å²) < 4.78 is 5.34. The number of rotatable bonds is 6. The fourth-order valence-electron chi connectivity index (χ4n) is 2.48. The van der Waals surface area contributed by atoms with Crippen molar-refractivity contribution >= 4 is 28.9 Å². The number of halogens is 1. The summed E-state index contributed by atoms with van der Waals surface area (Å²) in [7, 11) is 1.64. The smallest absolute Gasteiger partial charge is 0.257 e. The van der Waals surface area contributed by atoms with Crippen molar-refractivity contribution in [3.8, 4) is 5.75 Å². The molecule has 26 heavy (non-hydrogen) atoms. The normalized spacial score (nSPS) is 10.2. The number of amides is 1. The molecule has 0 spiro atoms. The number of hydrogen-bond donors (Lipinski definition) is 2. The lowest BCUT2D eigenvalue weighted by Crippen LogP contribution is -2.12. The first-order valence-corrected chi connectivity index (χ1v) is 8.41. The fraction of sp³-hybridized carbons (Fsp3) is 0.100. The lowest BCUT2D eigenvalue weighted by molar-refractivity contribution is 0.102. The van der Waals surface area contributed by atoms with Crippen LogP contribution in [0.5, 0.6) is 5.75 Å². The predicted molar refractivity (Wildman–Crippen MR) is 104 cm³/mol. The number of nitrogens with one attached hydrogen (secondary N) is 2. The summed E-state index contributed by atoms with van der Waals surface area (Å²) in [6, 6.07) is 16.5. The first kappa shape index (κ1) is 17.8. The van der Waals surface area contributed by atoms with Crippen LogP contribution in [0.2, 0.25) is 5.02 Å². The average molecular weight is 368 g/mol. The van der Waals surface area contributed by atoms with Gasteiger partial charge in [-0.25, -0.2) is 0 Å². The van der Waals surface area contributed by atoms with E-state index in [1.54, 1.807) is 43.6 Å². The number of carbonyl (C=O) groups excluding carboxylic acids is 1. The zero-order chi connectivity index (χ0) is 18.4. The Hall–Kier alpha value is -3.05. The maximum Gasteiger partial charge on any atom is 0.257 e. The topological polar surface area (TPSA) is 63.2 Å². The molecule has 1 heterocycles. The van der Waals surface area contributed by atoms with Crippen molar-refractivity contribution in [2.45, 2.75) is 6.54 Å². The van der Waals surface area contributed by atoms with Gasteiger partial charge in [-0.2, -0.15) is 0 Å². The van der Waals surface area contributed by atoms with Gasteiger partial charge >= 0.3 is 0 Å². The summed E-state index contributed by atoms with van der Waals surface area (Å²) in [5.74, 6) is 0.559. The van der Waals surface area contributed by atoms with Crippen LogP contribution in [0.3, 0.4) is 0 Å². The zero-order valence-corrected chi connectivity index (χ0v) is 15.0. The minimum atomic E-state index is -0.249. The summed E-state index contributed by atoms with van der Waals surface area (Å²) in [4.78, 5) is 16.5. The van der Waals surface area contributed by atoms with E-state index in [9.17, 15) is 4.79 Å². The number of methoxy groups -OCH3 is 1. The van der Waals surface area contributed by atoms with E-state index < -0.39 is 0 Å². The number of benzene rings is 2. The van der Waals surface area contributed by atoms with Crippen LogP contribution in [-0.2, 0) is 6.54 Å². The van der Waals surface area contributed by atoms with Gasteiger partial charge in [0.1, 0.15) is 5.75 Å². The van der Waals surface area contributed by atoms with Crippen LogP contribution in [-0.4, -0.2) is 18.0 Å². The highest BCUT2D eigenvalue weighted by Gasteiger charge is 2.08. The fourth-order valence-corrected chi connectivity index (χ4v) is 2.67. The van der Waals surface area contributed by atoms with E-state index in [0.29, 0.717) is 22.8 Å². The van der Waals surface area contributed by atoms with E-state index in [1.165, 1.54) is 6.20 Å². The third-order valence-electron chi connectivity index (χ3n) is 3.76. The Labute approximate surface area is 157 Å². The van der Waals surface area contributed by atoms with Crippen molar-refractivity contribution in [2.24, 2.45) is 0 Å². The van der Waals surface area contributed by atoms with E-state index in [0.717, 1.165) is 17.0 Å². The number of para-hydroxylation sites is 1. The van der Waals surface area contributed by atoms with E-state index in [2.05, 4.69) is 15.6 Å². The van der Waals surface area contributed by atoms with Gasteiger partial charge in [0.15, 0.2) is 0 Å². The minimum Gasteiger partial charge on any atom is -0.496 e. The molecule has 0 aliphatic heterocycles. The molecule has 132 valence electrons. The molecule has 3 aromatic rings. The van der Waals surface area contributed by atoms with Gasteiger partial charge in [-0.1, -0.05) is 35.9 Å². The minimum absolute atomic E-state index is 0.249. The SMILES string of the molecule is COc1ccccc1CNc1cncc(C(=O)Nc2cccc(Cl)c2)c1. The van der Waals surface area contributed by atoms with Gasteiger partial charge in [0.2, 0.25) is 0 Å². The van der Waals surface area contributed by atoms with Gasteiger partial charge in [0.25, 0.3) is 5.91 Å². The molecule has 0 aliphatic carbocycles. The number of aromatic nitrogens is 1. The Morgan fingerprint density at radius 1 is 1.08 bits per heavy atom. The second kappa shape index (κ2) is 8.36. The van der Waals surface area contributed by atoms with Crippen LogP contribution >= 0.6 is 11.6 Å². The lowest BCUT2D eigenvalue weighted by Gasteiger charge is -2.11. The average Bonchev–Trinajstić information content (AvgIpc) is 2.67. The number of carbonyl (C=O) groups is 1. The summed E-state index contributed by atoms with van der Waals surface area (Å²) in [6.07, 6.45) is 3.19. The highest BCUT2D eigenvalue weighted by Crippen LogP contribution is 2.20. The van der Waals surface area contributed by atoms with Gasteiger partial charge in [0, 0.05) is 35.2 Å².